The fourth-order valence-corrected chi connectivity index (χ4v) is 3.86. The van der Waals surface area contributed by atoms with Crippen molar-refractivity contribution in [3.63, 3.8) is 0 Å². The first-order valence-corrected chi connectivity index (χ1v) is 8.60. The number of aryl methyl sites for hydroxylation is 1. The minimum atomic E-state index is -0.278. The van der Waals surface area contributed by atoms with E-state index in [1.54, 1.807) is 30.0 Å². The van der Waals surface area contributed by atoms with Crippen molar-refractivity contribution in [2.75, 3.05) is 5.75 Å². The minimum Gasteiger partial charge on any atom is -0.508 e. The molecule has 0 aromatic heterocycles. The van der Waals surface area contributed by atoms with Gasteiger partial charge in [-0.15, -0.1) is 11.8 Å². The summed E-state index contributed by atoms with van der Waals surface area (Å²) in [5.41, 5.74) is 1.62. The molecule has 23 heavy (non-hydrogen) atoms. The van der Waals surface area contributed by atoms with Crippen molar-refractivity contribution in [3.8, 4) is 5.75 Å². The number of hydrogen-bond donors (Lipinski definition) is 2. The van der Waals surface area contributed by atoms with Crippen molar-refractivity contribution in [1.82, 2.24) is 5.32 Å². The van der Waals surface area contributed by atoms with Gasteiger partial charge in [0.25, 0.3) is 0 Å². The summed E-state index contributed by atoms with van der Waals surface area (Å²) in [6, 6.07) is 11.6. The number of halogens is 1. The highest BCUT2D eigenvalue weighted by atomic mass is 32.2. The monoisotopic (exact) mass is 331 g/mol. The van der Waals surface area contributed by atoms with Crippen LogP contribution < -0.4 is 5.32 Å². The Morgan fingerprint density at radius 1 is 1.30 bits per heavy atom. The summed E-state index contributed by atoms with van der Waals surface area (Å²) in [6.45, 7) is 0. The maximum atomic E-state index is 13.5. The fourth-order valence-electron chi connectivity index (χ4n) is 2.75. The van der Waals surface area contributed by atoms with E-state index in [4.69, 9.17) is 0 Å². The van der Waals surface area contributed by atoms with Crippen LogP contribution in [0.2, 0.25) is 0 Å². The van der Waals surface area contributed by atoms with E-state index >= 15 is 0 Å². The number of fused-ring (bicyclic) bond motifs is 1. The molecule has 1 atom stereocenters. The van der Waals surface area contributed by atoms with E-state index in [0.717, 1.165) is 28.2 Å². The van der Waals surface area contributed by atoms with Crippen molar-refractivity contribution in [2.24, 2.45) is 0 Å². The standard InChI is InChI=1S/C18H18FNO2S/c19-13-6-7-17-14(11-13)15(9-10-23-17)20-18(22)8-5-12-3-1-2-4-16(12)21/h1-4,6-7,11,15,21H,5,8-10H2,(H,20,22). The lowest BCUT2D eigenvalue weighted by Crippen LogP contribution is -2.30. The molecule has 5 heteroatoms. The van der Waals surface area contributed by atoms with E-state index in [-0.39, 0.29) is 23.5 Å². The van der Waals surface area contributed by atoms with Gasteiger partial charge < -0.3 is 10.4 Å². The molecule has 0 bridgehead atoms. The summed E-state index contributed by atoms with van der Waals surface area (Å²) < 4.78 is 13.5. The van der Waals surface area contributed by atoms with Crippen LogP contribution in [-0.2, 0) is 11.2 Å². The van der Waals surface area contributed by atoms with Gasteiger partial charge in [-0.2, -0.15) is 0 Å². The topological polar surface area (TPSA) is 49.3 Å². The Kier molecular flexibility index (Phi) is 4.86. The number of aromatic hydroxyl groups is 1. The zero-order valence-corrected chi connectivity index (χ0v) is 13.4. The lowest BCUT2D eigenvalue weighted by molar-refractivity contribution is -0.121. The average Bonchev–Trinajstić information content (AvgIpc) is 2.55. The number of amides is 1. The van der Waals surface area contributed by atoms with Gasteiger partial charge in [0.1, 0.15) is 11.6 Å². The van der Waals surface area contributed by atoms with Crippen LogP contribution in [0, 0.1) is 5.82 Å². The van der Waals surface area contributed by atoms with Crippen LogP contribution in [0.4, 0.5) is 4.39 Å². The summed E-state index contributed by atoms with van der Waals surface area (Å²) in [7, 11) is 0. The predicted octanol–water partition coefficient (Wildman–Crippen LogP) is 3.82. The molecule has 2 aromatic rings. The molecule has 0 radical (unpaired) electrons. The summed E-state index contributed by atoms with van der Waals surface area (Å²) >= 11 is 1.69. The lowest BCUT2D eigenvalue weighted by Gasteiger charge is -2.26. The molecule has 0 aliphatic carbocycles. The third-order valence-corrected chi connectivity index (χ3v) is 5.08. The summed E-state index contributed by atoms with van der Waals surface area (Å²) in [6.07, 6.45) is 1.57. The van der Waals surface area contributed by atoms with E-state index in [1.807, 2.05) is 12.1 Å². The Hall–Kier alpha value is -2.01. The van der Waals surface area contributed by atoms with Gasteiger partial charge in [0, 0.05) is 17.1 Å². The van der Waals surface area contributed by atoms with Gasteiger partial charge >= 0.3 is 0 Å². The largest absolute Gasteiger partial charge is 0.508 e. The molecule has 1 aliphatic heterocycles. The van der Waals surface area contributed by atoms with Crippen molar-refractivity contribution in [1.29, 1.82) is 0 Å². The molecule has 2 N–H and O–H groups in total. The zero-order valence-electron chi connectivity index (χ0n) is 12.6. The van der Waals surface area contributed by atoms with Crippen LogP contribution in [0.1, 0.15) is 30.0 Å². The maximum Gasteiger partial charge on any atom is 0.220 e. The number of carbonyl (C=O) groups is 1. The highest BCUT2D eigenvalue weighted by molar-refractivity contribution is 7.99. The SMILES string of the molecule is O=C(CCc1ccccc1O)NC1CCSc2ccc(F)cc21. The molecule has 1 amide bonds. The second kappa shape index (κ2) is 7.04. The van der Waals surface area contributed by atoms with Gasteiger partial charge in [0.05, 0.1) is 6.04 Å². The average molecular weight is 331 g/mol. The first-order chi connectivity index (χ1) is 11.1. The van der Waals surface area contributed by atoms with E-state index in [0.29, 0.717) is 12.8 Å². The molecule has 1 aliphatic rings. The Labute approximate surface area is 138 Å². The molecule has 0 fully saturated rings. The van der Waals surface area contributed by atoms with Crippen molar-refractivity contribution >= 4 is 17.7 Å². The van der Waals surface area contributed by atoms with Crippen LogP contribution >= 0.6 is 11.8 Å². The van der Waals surface area contributed by atoms with Crippen molar-refractivity contribution < 1.29 is 14.3 Å². The first kappa shape index (κ1) is 15.9. The van der Waals surface area contributed by atoms with E-state index in [2.05, 4.69) is 5.32 Å². The summed E-state index contributed by atoms with van der Waals surface area (Å²) in [5, 5.41) is 12.7. The summed E-state index contributed by atoms with van der Waals surface area (Å²) in [4.78, 5) is 13.2. The molecule has 1 heterocycles. The van der Waals surface area contributed by atoms with Gasteiger partial charge in [0.15, 0.2) is 0 Å². The Bertz CT molecular complexity index is 720. The third kappa shape index (κ3) is 3.85. The molecule has 2 aromatic carbocycles. The predicted molar refractivity (Wildman–Crippen MR) is 89.1 cm³/mol. The number of carbonyl (C=O) groups excluding carboxylic acids is 1. The number of thioether (sulfide) groups is 1. The zero-order chi connectivity index (χ0) is 16.2. The molecule has 3 nitrogen and oxygen atoms in total. The molecule has 3 rings (SSSR count). The van der Waals surface area contributed by atoms with Crippen molar-refractivity contribution in [2.45, 2.75) is 30.2 Å². The second-order valence-corrected chi connectivity index (χ2v) is 6.70. The number of rotatable bonds is 4. The number of phenols is 1. The van der Waals surface area contributed by atoms with E-state index < -0.39 is 0 Å². The highest BCUT2D eigenvalue weighted by Crippen LogP contribution is 2.36. The Balaban J connectivity index is 1.63. The van der Waals surface area contributed by atoms with E-state index in [9.17, 15) is 14.3 Å². The quantitative estimate of drug-likeness (QED) is 0.895. The second-order valence-electron chi connectivity index (χ2n) is 5.57. The van der Waals surface area contributed by atoms with Crippen LogP contribution in [0.15, 0.2) is 47.4 Å². The number of hydrogen-bond acceptors (Lipinski definition) is 3. The normalized spacial score (nSPS) is 16.7. The van der Waals surface area contributed by atoms with Crippen LogP contribution in [0.3, 0.4) is 0 Å². The molecule has 0 spiro atoms. The van der Waals surface area contributed by atoms with Crippen LogP contribution in [-0.4, -0.2) is 16.8 Å². The van der Waals surface area contributed by atoms with E-state index in [1.165, 1.54) is 12.1 Å². The van der Waals surface area contributed by atoms with Gasteiger partial charge in [-0.25, -0.2) is 4.39 Å². The number of para-hydroxylation sites is 1. The Morgan fingerprint density at radius 3 is 2.96 bits per heavy atom. The first-order valence-electron chi connectivity index (χ1n) is 7.62. The third-order valence-electron chi connectivity index (χ3n) is 3.96. The number of benzene rings is 2. The molecule has 0 saturated carbocycles. The van der Waals surface area contributed by atoms with Gasteiger partial charge in [-0.1, -0.05) is 18.2 Å². The maximum absolute atomic E-state index is 13.5. The highest BCUT2D eigenvalue weighted by Gasteiger charge is 2.22. The fraction of sp³-hybridized carbons (Fsp3) is 0.278. The number of phenolic OH excluding ortho intramolecular Hbond substituents is 1. The molecular weight excluding hydrogens is 313 g/mol. The smallest absolute Gasteiger partial charge is 0.220 e. The van der Waals surface area contributed by atoms with Gasteiger partial charge in [0.2, 0.25) is 5.91 Å². The molecule has 120 valence electrons. The lowest BCUT2D eigenvalue weighted by atomic mass is 10.0. The molecule has 1 unspecified atom stereocenters. The van der Waals surface area contributed by atoms with Crippen LogP contribution in [0.25, 0.3) is 0 Å². The number of nitrogens with one attached hydrogen (secondary N) is 1. The van der Waals surface area contributed by atoms with Crippen molar-refractivity contribution in [3.05, 3.63) is 59.4 Å². The van der Waals surface area contributed by atoms with Crippen LogP contribution in [0.5, 0.6) is 5.75 Å². The minimum absolute atomic E-state index is 0.0830. The van der Waals surface area contributed by atoms with Gasteiger partial charge in [-0.05, 0) is 48.2 Å². The molecular formula is C18H18FNO2S. The summed E-state index contributed by atoms with van der Waals surface area (Å²) in [5.74, 6) is 0.755. The Morgan fingerprint density at radius 2 is 2.13 bits per heavy atom. The van der Waals surface area contributed by atoms with Gasteiger partial charge in [-0.3, -0.25) is 4.79 Å². The molecule has 0 saturated heterocycles.